The molecule has 0 unspecified atom stereocenters. The first-order chi connectivity index (χ1) is 11.5. The fourth-order valence-corrected chi connectivity index (χ4v) is 3.38. The molecule has 0 bridgehead atoms. The van der Waals surface area contributed by atoms with Crippen molar-refractivity contribution in [3.05, 3.63) is 52.8 Å². The van der Waals surface area contributed by atoms with E-state index in [2.05, 4.69) is 22.5 Å². The standard InChI is InChI=1S/C19H26N4O/c1-14-12-23(3)21-18(14)13-22(2)19(24)17-6-4-15(5-7-17)16-8-10-20-11-9-16/h4-7,12,16,20H,8-11,13H2,1-3H3. The van der Waals surface area contributed by atoms with Crippen LogP contribution in [0.5, 0.6) is 0 Å². The highest BCUT2D eigenvalue weighted by Crippen LogP contribution is 2.25. The van der Waals surface area contributed by atoms with E-state index in [4.69, 9.17) is 0 Å². The average Bonchev–Trinajstić information content (AvgIpc) is 2.92. The zero-order chi connectivity index (χ0) is 17.1. The van der Waals surface area contributed by atoms with Crippen LogP contribution in [0.1, 0.15) is 45.9 Å². The van der Waals surface area contributed by atoms with Crippen LogP contribution in [0.4, 0.5) is 0 Å². The first kappa shape index (κ1) is 16.7. The van der Waals surface area contributed by atoms with Gasteiger partial charge in [0, 0.05) is 25.9 Å². The molecule has 0 saturated carbocycles. The highest BCUT2D eigenvalue weighted by molar-refractivity contribution is 5.94. The molecule has 1 fully saturated rings. The Morgan fingerprint density at radius 1 is 1.29 bits per heavy atom. The number of carbonyl (C=O) groups excluding carboxylic acids is 1. The van der Waals surface area contributed by atoms with Crippen LogP contribution in [-0.4, -0.2) is 40.7 Å². The van der Waals surface area contributed by atoms with Crippen molar-refractivity contribution in [3.8, 4) is 0 Å². The molecule has 1 saturated heterocycles. The molecule has 128 valence electrons. The van der Waals surface area contributed by atoms with Gasteiger partial charge < -0.3 is 10.2 Å². The van der Waals surface area contributed by atoms with E-state index in [0.29, 0.717) is 12.5 Å². The van der Waals surface area contributed by atoms with Gasteiger partial charge in [-0.05, 0) is 62.0 Å². The molecule has 2 aromatic rings. The van der Waals surface area contributed by atoms with E-state index in [0.717, 1.165) is 29.9 Å². The van der Waals surface area contributed by atoms with Crippen molar-refractivity contribution in [2.24, 2.45) is 7.05 Å². The van der Waals surface area contributed by atoms with Crippen molar-refractivity contribution >= 4 is 5.91 Å². The number of nitrogens with one attached hydrogen (secondary N) is 1. The summed E-state index contributed by atoms with van der Waals surface area (Å²) in [6.07, 6.45) is 4.32. The Labute approximate surface area is 143 Å². The number of amides is 1. The molecule has 1 N–H and O–H groups in total. The molecule has 1 aromatic carbocycles. The lowest BCUT2D eigenvalue weighted by Crippen LogP contribution is -2.27. The molecule has 24 heavy (non-hydrogen) atoms. The van der Waals surface area contributed by atoms with Crippen molar-refractivity contribution in [1.82, 2.24) is 20.0 Å². The lowest BCUT2D eigenvalue weighted by molar-refractivity contribution is 0.0783. The molecule has 5 nitrogen and oxygen atoms in total. The fourth-order valence-electron chi connectivity index (χ4n) is 3.38. The van der Waals surface area contributed by atoms with Crippen molar-refractivity contribution in [2.75, 3.05) is 20.1 Å². The molecular formula is C19H26N4O. The van der Waals surface area contributed by atoms with Crippen LogP contribution < -0.4 is 5.32 Å². The maximum absolute atomic E-state index is 12.6. The number of benzene rings is 1. The second kappa shape index (κ2) is 7.18. The normalized spacial score (nSPS) is 15.5. The van der Waals surface area contributed by atoms with Crippen molar-refractivity contribution in [3.63, 3.8) is 0 Å². The number of carbonyl (C=O) groups is 1. The van der Waals surface area contributed by atoms with Gasteiger partial charge in [-0.15, -0.1) is 0 Å². The predicted octanol–water partition coefficient (Wildman–Crippen LogP) is 2.47. The van der Waals surface area contributed by atoms with Gasteiger partial charge >= 0.3 is 0 Å². The van der Waals surface area contributed by atoms with E-state index in [9.17, 15) is 4.79 Å². The number of piperidine rings is 1. The maximum atomic E-state index is 12.6. The molecule has 1 amide bonds. The summed E-state index contributed by atoms with van der Waals surface area (Å²) in [6.45, 7) is 4.71. The average molecular weight is 326 g/mol. The Hall–Kier alpha value is -2.14. The summed E-state index contributed by atoms with van der Waals surface area (Å²) in [5, 5.41) is 7.81. The lowest BCUT2D eigenvalue weighted by atomic mass is 9.90. The topological polar surface area (TPSA) is 50.2 Å². The molecule has 5 heteroatoms. The van der Waals surface area contributed by atoms with Crippen LogP contribution in [0, 0.1) is 6.92 Å². The Balaban J connectivity index is 1.66. The van der Waals surface area contributed by atoms with E-state index in [-0.39, 0.29) is 5.91 Å². The fraction of sp³-hybridized carbons (Fsp3) is 0.474. The number of rotatable bonds is 4. The molecule has 1 aliphatic rings. The number of nitrogens with zero attached hydrogens (tertiary/aromatic N) is 3. The molecule has 1 aliphatic heterocycles. The highest BCUT2D eigenvalue weighted by Gasteiger charge is 2.17. The quantitative estimate of drug-likeness (QED) is 0.939. The Morgan fingerprint density at radius 3 is 2.54 bits per heavy atom. The third-order valence-electron chi connectivity index (χ3n) is 4.82. The molecule has 2 heterocycles. The van der Waals surface area contributed by atoms with E-state index in [1.54, 1.807) is 9.58 Å². The Kier molecular flexibility index (Phi) is 5.00. The van der Waals surface area contributed by atoms with Crippen LogP contribution in [0.25, 0.3) is 0 Å². The molecule has 0 spiro atoms. The second-order valence-corrected chi connectivity index (χ2v) is 6.74. The summed E-state index contributed by atoms with van der Waals surface area (Å²) in [5.74, 6) is 0.654. The zero-order valence-electron chi connectivity index (χ0n) is 14.7. The highest BCUT2D eigenvalue weighted by atomic mass is 16.2. The lowest BCUT2D eigenvalue weighted by Gasteiger charge is -2.23. The molecule has 1 aromatic heterocycles. The largest absolute Gasteiger partial charge is 0.336 e. The number of aromatic nitrogens is 2. The van der Waals surface area contributed by atoms with Gasteiger partial charge in [0.15, 0.2) is 0 Å². The van der Waals surface area contributed by atoms with Crippen LogP contribution in [0.15, 0.2) is 30.5 Å². The van der Waals surface area contributed by atoms with Crippen LogP contribution in [0.3, 0.4) is 0 Å². The number of hydrogen-bond donors (Lipinski definition) is 1. The monoisotopic (exact) mass is 326 g/mol. The molecule has 0 radical (unpaired) electrons. The summed E-state index contributed by atoms with van der Waals surface area (Å²) in [4.78, 5) is 14.4. The van der Waals surface area contributed by atoms with Crippen LogP contribution in [-0.2, 0) is 13.6 Å². The van der Waals surface area contributed by atoms with Gasteiger partial charge in [-0.25, -0.2) is 0 Å². The second-order valence-electron chi connectivity index (χ2n) is 6.74. The summed E-state index contributed by atoms with van der Waals surface area (Å²) in [7, 11) is 3.73. The first-order valence-corrected chi connectivity index (χ1v) is 8.60. The van der Waals surface area contributed by atoms with Crippen molar-refractivity contribution in [1.29, 1.82) is 0 Å². The third-order valence-corrected chi connectivity index (χ3v) is 4.82. The van der Waals surface area contributed by atoms with Gasteiger partial charge in [0.2, 0.25) is 0 Å². The van der Waals surface area contributed by atoms with Gasteiger partial charge in [0.1, 0.15) is 0 Å². The Bertz CT molecular complexity index is 699. The maximum Gasteiger partial charge on any atom is 0.253 e. The SMILES string of the molecule is Cc1cn(C)nc1CN(C)C(=O)c1ccc(C2CCNCC2)cc1. The van der Waals surface area contributed by atoms with E-state index >= 15 is 0 Å². The number of hydrogen-bond acceptors (Lipinski definition) is 3. The summed E-state index contributed by atoms with van der Waals surface area (Å²) >= 11 is 0. The Morgan fingerprint density at radius 2 is 1.96 bits per heavy atom. The van der Waals surface area contributed by atoms with E-state index in [1.165, 1.54) is 18.4 Å². The van der Waals surface area contributed by atoms with Gasteiger partial charge in [-0.3, -0.25) is 9.48 Å². The smallest absolute Gasteiger partial charge is 0.253 e. The molecular weight excluding hydrogens is 300 g/mol. The first-order valence-electron chi connectivity index (χ1n) is 8.60. The minimum absolute atomic E-state index is 0.0388. The van der Waals surface area contributed by atoms with E-state index in [1.807, 2.05) is 39.3 Å². The van der Waals surface area contributed by atoms with Crippen molar-refractivity contribution < 1.29 is 4.79 Å². The zero-order valence-corrected chi connectivity index (χ0v) is 14.7. The van der Waals surface area contributed by atoms with Gasteiger partial charge in [-0.2, -0.15) is 5.10 Å². The third kappa shape index (κ3) is 3.67. The minimum Gasteiger partial charge on any atom is -0.336 e. The van der Waals surface area contributed by atoms with E-state index < -0.39 is 0 Å². The van der Waals surface area contributed by atoms with Gasteiger partial charge in [-0.1, -0.05) is 12.1 Å². The molecule has 3 rings (SSSR count). The van der Waals surface area contributed by atoms with Gasteiger partial charge in [0.25, 0.3) is 5.91 Å². The summed E-state index contributed by atoms with van der Waals surface area (Å²) in [5.41, 5.74) is 4.14. The van der Waals surface area contributed by atoms with Gasteiger partial charge in [0.05, 0.1) is 12.2 Å². The molecule has 0 aliphatic carbocycles. The minimum atomic E-state index is 0.0388. The number of aryl methyl sites for hydroxylation is 2. The summed E-state index contributed by atoms with van der Waals surface area (Å²) < 4.78 is 1.79. The molecule has 0 atom stereocenters. The van der Waals surface area contributed by atoms with Crippen LogP contribution >= 0.6 is 0 Å². The predicted molar refractivity (Wildman–Crippen MR) is 95.0 cm³/mol. The van der Waals surface area contributed by atoms with Crippen LogP contribution in [0.2, 0.25) is 0 Å². The summed E-state index contributed by atoms with van der Waals surface area (Å²) in [6, 6.07) is 8.15. The van der Waals surface area contributed by atoms with Crippen molar-refractivity contribution in [2.45, 2.75) is 32.2 Å².